The van der Waals surface area contributed by atoms with Crippen LogP contribution in [0.3, 0.4) is 0 Å². The van der Waals surface area contributed by atoms with E-state index in [1.165, 1.54) is 0 Å². The van der Waals surface area contributed by atoms with Crippen molar-refractivity contribution in [2.45, 2.75) is 32.9 Å². The molecule has 0 saturated carbocycles. The minimum Gasteiger partial charge on any atom is -0.444 e. The molecule has 0 spiro atoms. The lowest BCUT2D eigenvalue weighted by atomic mass is 10.0. The molecule has 1 aliphatic rings. The number of carbonyl (C=O) groups excluding carboxylic acids is 3. The zero-order chi connectivity index (χ0) is 21.0. The van der Waals surface area contributed by atoms with Crippen LogP contribution in [0.25, 0.3) is 17.2 Å². The van der Waals surface area contributed by atoms with Crippen LogP contribution < -0.4 is 10.6 Å². The van der Waals surface area contributed by atoms with Gasteiger partial charge in [-0.25, -0.2) is 4.79 Å². The number of ether oxygens (including phenoxy) is 1. The van der Waals surface area contributed by atoms with Crippen LogP contribution in [0.2, 0.25) is 0 Å². The molecule has 6 nitrogen and oxygen atoms in total. The van der Waals surface area contributed by atoms with Crippen molar-refractivity contribution < 1.29 is 19.1 Å². The lowest BCUT2D eigenvalue weighted by molar-refractivity contribution is -0.115. The molecule has 0 aromatic heterocycles. The number of thioether (sulfide) groups is 1. The first-order chi connectivity index (χ1) is 13.7. The summed E-state index contributed by atoms with van der Waals surface area (Å²) in [6, 6.07) is 15.6. The summed E-state index contributed by atoms with van der Waals surface area (Å²) in [7, 11) is 0. The Morgan fingerprint density at radius 1 is 1.10 bits per heavy atom. The van der Waals surface area contributed by atoms with Crippen molar-refractivity contribution in [1.82, 2.24) is 10.6 Å². The monoisotopic (exact) mass is 410 g/mol. The standard InChI is InChI=1S/C22H22N2O4S/c1-22(2,3)28-20(26)23-13-15-5-4-6-17(11-15)16-9-7-14(8-10-16)12-18-19(25)24-21(27)29-18/h4-12H,13H2,1-3H3,(H,23,26)(H,24,25,27). The first-order valence-electron chi connectivity index (χ1n) is 9.11. The first kappa shape index (κ1) is 20.7. The van der Waals surface area contributed by atoms with Gasteiger partial charge in [0.25, 0.3) is 11.1 Å². The van der Waals surface area contributed by atoms with Crippen LogP contribution in [0.4, 0.5) is 9.59 Å². The molecular weight excluding hydrogens is 388 g/mol. The van der Waals surface area contributed by atoms with Gasteiger partial charge in [-0.3, -0.25) is 14.9 Å². The minimum absolute atomic E-state index is 0.352. The van der Waals surface area contributed by atoms with Crippen LogP contribution in [0.5, 0.6) is 0 Å². The fraction of sp³-hybridized carbons (Fsp3) is 0.227. The number of hydrogen-bond donors (Lipinski definition) is 2. The van der Waals surface area contributed by atoms with Gasteiger partial charge in [-0.2, -0.15) is 0 Å². The van der Waals surface area contributed by atoms with E-state index in [0.29, 0.717) is 11.4 Å². The summed E-state index contributed by atoms with van der Waals surface area (Å²) >= 11 is 0.899. The van der Waals surface area contributed by atoms with Gasteiger partial charge in [-0.15, -0.1) is 0 Å². The van der Waals surface area contributed by atoms with Gasteiger partial charge in [0.15, 0.2) is 0 Å². The summed E-state index contributed by atoms with van der Waals surface area (Å²) in [5.74, 6) is -0.366. The molecule has 1 aliphatic heterocycles. The van der Waals surface area contributed by atoms with Gasteiger partial charge in [0.2, 0.25) is 0 Å². The number of benzene rings is 2. The number of rotatable bonds is 4. The Balaban J connectivity index is 1.67. The molecule has 2 aromatic rings. The van der Waals surface area contributed by atoms with Gasteiger partial charge >= 0.3 is 6.09 Å². The SMILES string of the molecule is CC(C)(C)OC(=O)NCc1cccc(-c2ccc(C=C3SC(=O)NC3=O)cc2)c1. The molecule has 7 heteroatoms. The fourth-order valence-corrected chi connectivity index (χ4v) is 3.38. The summed E-state index contributed by atoms with van der Waals surface area (Å²) in [5.41, 5.74) is 3.27. The van der Waals surface area contributed by atoms with Gasteiger partial charge in [-0.1, -0.05) is 42.5 Å². The minimum atomic E-state index is -0.534. The number of amides is 3. The summed E-state index contributed by atoms with van der Waals surface area (Å²) in [6.45, 7) is 5.83. The third-order valence-corrected chi connectivity index (χ3v) is 4.76. The third-order valence-electron chi connectivity index (χ3n) is 3.95. The molecule has 2 N–H and O–H groups in total. The van der Waals surface area contributed by atoms with Gasteiger partial charge in [0.1, 0.15) is 5.60 Å². The smallest absolute Gasteiger partial charge is 0.407 e. The summed E-state index contributed by atoms with van der Waals surface area (Å²) in [4.78, 5) is 35.1. The number of nitrogens with one attached hydrogen (secondary N) is 2. The second-order valence-electron chi connectivity index (χ2n) is 7.53. The van der Waals surface area contributed by atoms with E-state index in [1.807, 2.05) is 69.3 Å². The maximum absolute atomic E-state index is 11.8. The van der Waals surface area contributed by atoms with E-state index in [-0.39, 0.29) is 11.1 Å². The maximum Gasteiger partial charge on any atom is 0.407 e. The van der Waals surface area contributed by atoms with E-state index >= 15 is 0 Å². The van der Waals surface area contributed by atoms with Crippen LogP contribution >= 0.6 is 11.8 Å². The van der Waals surface area contributed by atoms with Crippen LogP contribution in [0.1, 0.15) is 31.9 Å². The van der Waals surface area contributed by atoms with Crippen LogP contribution in [0.15, 0.2) is 53.4 Å². The zero-order valence-corrected chi connectivity index (χ0v) is 17.3. The van der Waals surface area contributed by atoms with Crippen molar-refractivity contribution in [1.29, 1.82) is 0 Å². The number of imide groups is 1. The average Bonchev–Trinajstić information content (AvgIpc) is 2.96. The van der Waals surface area contributed by atoms with Gasteiger partial charge in [-0.05, 0) is 66.9 Å². The lowest BCUT2D eigenvalue weighted by Gasteiger charge is -2.19. The van der Waals surface area contributed by atoms with E-state index in [9.17, 15) is 14.4 Å². The number of carbonyl (C=O) groups is 3. The highest BCUT2D eigenvalue weighted by Gasteiger charge is 2.24. The molecule has 150 valence electrons. The van der Waals surface area contributed by atoms with E-state index in [4.69, 9.17) is 4.74 Å². The number of hydrogen-bond acceptors (Lipinski definition) is 5. The molecule has 2 aromatic carbocycles. The highest BCUT2D eigenvalue weighted by atomic mass is 32.2. The Bertz CT molecular complexity index is 975. The third kappa shape index (κ3) is 5.96. The fourth-order valence-electron chi connectivity index (χ4n) is 2.69. The predicted octanol–water partition coefficient (Wildman–Crippen LogP) is 4.70. The van der Waals surface area contributed by atoms with Crippen LogP contribution in [0, 0.1) is 0 Å². The Morgan fingerprint density at radius 3 is 2.45 bits per heavy atom. The average molecular weight is 410 g/mol. The molecular formula is C22H22N2O4S. The van der Waals surface area contributed by atoms with Crippen molar-refractivity contribution in [2.75, 3.05) is 0 Å². The molecule has 1 saturated heterocycles. The van der Waals surface area contributed by atoms with Gasteiger partial charge < -0.3 is 10.1 Å². The molecule has 3 amide bonds. The predicted molar refractivity (Wildman–Crippen MR) is 114 cm³/mol. The molecule has 0 atom stereocenters. The summed E-state index contributed by atoms with van der Waals surface area (Å²) < 4.78 is 5.25. The Hall–Kier alpha value is -3.06. The molecule has 29 heavy (non-hydrogen) atoms. The molecule has 1 heterocycles. The second-order valence-corrected chi connectivity index (χ2v) is 8.54. The van der Waals surface area contributed by atoms with Gasteiger partial charge in [0, 0.05) is 6.54 Å². The highest BCUT2D eigenvalue weighted by Crippen LogP contribution is 2.27. The first-order valence-corrected chi connectivity index (χ1v) is 9.92. The molecule has 0 radical (unpaired) electrons. The van der Waals surface area contributed by atoms with Crippen molar-refractivity contribution in [2.24, 2.45) is 0 Å². The van der Waals surface area contributed by atoms with E-state index < -0.39 is 11.7 Å². The van der Waals surface area contributed by atoms with E-state index in [1.54, 1.807) is 6.08 Å². The van der Waals surface area contributed by atoms with Crippen LogP contribution in [-0.4, -0.2) is 22.8 Å². The van der Waals surface area contributed by atoms with E-state index in [0.717, 1.165) is 34.0 Å². The molecule has 0 aliphatic carbocycles. The van der Waals surface area contributed by atoms with Crippen molar-refractivity contribution >= 4 is 35.1 Å². The largest absolute Gasteiger partial charge is 0.444 e. The van der Waals surface area contributed by atoms with Crippen molar-refractivity contribution in [3.05, 3.63) is 64.6 Å². The van der Waals surface area contributed by atoms with Crippen molar-refractivity contribution in [3.63, 3.8) is 0 Å². The molecule has 3 rings (SSSR count). The van der Waals surface area contributed by atoms with Crippen LogP contribution in [-0.2, 0) is 16.1 Å². The quantitative estimate of drug-likeness (QED) is 0.714. The molecule has 0 bridgehead atoms. The number of alkyl carbamates (subject to hydrolysis) is 1. The highest BCUT2D eigenvalue weighted by molar-refractivity contribution is 8.18. The molecule has 0 unspecified atom stereocenters. The topological polar surface area (TPSA) is 84.5 Å². The maximum atomic E-state index is 11.8. The van der Waals surface area contributed by atoms with Crippen molar-refractivity contribution in [3.8, 4) is 11.1 Å². The van der Waals surface area contributed by atoms with Gasteiger partial charge in [0.05, 0.1) is 4.91 Å². The second kappa shape index (κ2) is 8.53. The Labute approximate surface area is 173 Å². The van der Waals surface area contributed by atoms with E-state index in [2.05, 4.69) is 10.6 Å². The zero-order valence-electron chi connectivity index (χ0n) is 16.4. The normalized spacial score (nSPS) is 15.3. The summed E-state index contributed by atoms with van der Waals surface area (Å²) in [6.07, 6.45) is 1.24. The lowest BCUT2D eigenvalue weighted by Crippen LogP contribution is -2.32. The Kier molecular flexibility index (Phi) is 6.08. The summed E-state index contributed by atoms with van der Waals surface area (Å²) in [5, 5.41) is 4.64. The Morgan fingerprint density at radius 2 is 1.83 bits per heavy atom. The molecule has 1 fully saturated rings.